The fraction of sp³-hybridized carbons (Fsp3) is 0.643. The average molecular weight is 281 g/mol. The topological polar surface area (TPSA) is 84.2 Å². The van der Waals surface area contributed by atoms with Gasteiger partial charge >= 0.3 is 5.97 Å². The minimum absolute atomic E-state index is 0.0674. The molecule has 1 amide bonds. The Morgan fingerprint density at radius 1 is 1.35 bits per heavy atom. The maximum absolute atomic E-state index is 11.6. The standard InChI is InChI=1S/C14H23N3O3/c1-2-4-12(5-6-14(19)20)7-9-15-13(18)11-17-10-3-8-16-17/h3,8,10,12H,2,4-7,9,11H2,1H3,(H,15,18)(H,19,20). The number of carbonyl (C=O) groups is 2. The predicted molar refractivity (Wildman–Crippen MR) is 75.1 cm³/mol. The number of amides is 1. The van der Waals surface area contributed by atoms with Gasteiger partial charge in [0, 0.05) is 25.4 Å². The highest BCUT2D eigenvalue weighted by Gasteiger charge is 2.11. The number of aliphatic carboxylic acids is 1. The summed E-state index contributed by atoms with van der Waals surface area (Å²) in [7, 11) is 0. The molecule has 1 aromatic rings. The molecular formula is C14H23N3O3. The summed E-state index contributed by atoms with van der Waals surface area (Å²) in [4.78, 5) is 22.2. The number of rotatable bonds is 10. The first-order valence-corrected chi connectivity index (χ1v) is 7.07. The Labute approximate surface area is 119 Å². The van der Waals surface area contributed by atoms with Crippen LogP contribution in [0.15, 0.2) is 18.5 Å². The van der Waals surface area contributed by atoms with Gasteiger partial charge in [0.2, 0.25) is 5.91 Å². The van der Waals surface area contributed by atoms with Gasteiger partial charge in [0.05, 0.1) is 0 Å². The van der Waals surface area contributed by atoms with Crippen LogP contribution < -0.4 is 5.32 Å². The number of hydrogen-bond donors (Lipinski definition) is 2. The van der Waals surface area contributed by atoms with E-state index < -0.39 is 5.97 Å². The van der Waals surface area contributed by atoms with Crippen LogP contribution in [0.4, 0.5) is 0 Å². The highest BCUT2D eigenvalue weighted by molar-refractivity contribution is 5.75. The number of nitrogens with zero attached hydrogens (tertiary/aromatic N) is 2. The number of nitrogens with one attached hydrogen (secondary N) is 1. The van der Waals surface area contributed by atoms with Crippen LogP contribution in [-0.4, -0.2) is 33.3 Å². The Bertz CT molecular complexity index is 404. The van der Waals surface area contributed by atoms with E-state index in [0.29, 0.717) is 18.9 Å². The van der Waals surface area contributed by atoms with Crippen LogP contribution in [0, 0.1) is 5.92 Å². The van der Waals surface area contributed by atoms with E-state index in [1.54, 1.807) is 23.1 Å². The van der Waals surface area contributed by atoms with Gasteiger partial charge in [0.1, 0.15) is 6.54 Å². The first kappa shape index (κ1) is 16.2. The molecule has 0 saturated heterocycles. The lowest BCUT2D eigenvalue weighted by Gasteiger charge is -2.15. The second kappa shape index (κ2) is 9.12. The molecule has 0 saturated carbocycles. The molecule has 6 heteroatoms. The maximum atomic E-state index is 11.6. The van der Waals surface area contributed by atoms with Crippen LogP contribution in [0.3, 0.4) is 0 Å². The Balaban J connectivity index is 2.21. The Hall–Kier alpha value is -1.85. The van der Waals surface area contributed by atoms with Gasteiger partial charge in [-0.3, -0.25) is 14.3 Å². The van der Waals surface area contributed by atoms with Crippen molar-refractivity contribution in [1.82, 2.24) is 15.1 Å². The van der Waals surface area contributed by atoms with E-state index in [9.17, 15) is 9.59 Å². The van der Waals surface area contributed by atoms with Crippen molar-refractivity contribution in [2.45, 2.75) is 45.6 Å². The lowest BCUT2D eigenvalue weighted by atomic mass is 9.94. The molecule has 112 valence electrons. The summed E-state index contributed by atoms with van der Waals surface area (Å²) in [5.74, 6) is -0.461. The first-order chi connectivity index (χ1) is 9.61. The quantitative estimate of drug-likeness (QED) is 0.683. The van der Waals surface area contributed by atoms with E-state index in [2.05, 4.69) is 17.3 Å². The van der Waals surface area contributed by atoms with Crippen molar-refractivity contribution in [3.63, 3.8) is 0 Å². The molecular weight excluding hydrogens is 258 g/mol. The third-order valence-electron chi connectivity index (χ3n) is 3.20. The highest BCUT2D eigenvalue weighted by Crippen LogP contribution is 2.17. The molecule has 20 heavy (non-hydrogen) atoms. The van der Waals surface area contributed by atoms with E-state index in [0.717, 1.165) is 19.3 Å². The Morgan fingerprint density at radius 3 is 2.75 bits per heavy atom. The molecule has 0 bridgehead atoms. The molecule has 1 heterocycles. The molecule has 1 aromatic heterocycles. The summed E-state index contributed by atoms with van der Waals surface area (Å²) in [6, 6.07) is 1.77. The van der Waals surface area contributed by atoms with Crippen LogP contribution in [-0.2, 0) is 16.1 Å². The molecule has 0 aromatic carbocycles. The number of carboxylic acid groups (broad SMARTS) is 1. The molecule has 0 aliphatic carbocycles. The molecule has 1 rings (SSSR count). The van der Waals surface area contributed by atoms with Gasteiger partial charge in [-0.05, 0) is 24.8 Å². The van der Waals surface area contributed by atoms with Gasteiger partial charge in [-0.25, -0.2) is 0 Å². The Morgan fingerprint density at radius 2 is 2.15 bits per heavy atom. The molecule has 0 aliphatic rings. The van der Waals surface area contributed by atoms with Crippen LogP contribution >= 0.6 is 0 Å². The van der Waals surface area contributed by atoms with Crippen LogP contribution in [0.5, 0.6) is 0 Å². The minimum Gasteiger partial charge on any atom is -0.481 e. The fourth-order valence-corrected chi connectivity index (χ4v) is 2.18. The van der Waals surface area contributed by atoms with E-state index in [1.165, 1.54) is 0 Å². The monoisotopic (exact) mass is 281 g/mol. The highest BCUT2D eigenvalue weighted by atomic mass is 16.4. The molecule has 0 aliphatic heterocycles. The number of carbonyl (C=O) groups excluding carboxylic acids is 1. The molecule has 0 spiro atoms. The maximum Gasteiger partial charge on any atom is 0.303 e. The van der Waals surface area contributed by atoms with Crippen LogP contribution in [0.25, 0.3) is 0 Å². The van der Waals surface area contributed by atoms with Crippen molar-refractivity contribution >= 4 is 11.9 Å². The van der Waals surface area contributed by atoms with Gasteiger partial charge in [0.25, 0.3) is 0 Å². The van der Waals surface area contributed by atoms with Crippen molar-refractivity contribution in [2.24, 2.45) is 5.92 Å². The predicted octanol–water partition coefficient (Wildman–Crippen LogP) is 1.67. The molecule has 1 unspecified atom stereocenters. The fourth-order valence-electron chi connectivity index (χ4n) is 2.18. The molecule has 0 radical (unpaired) electrons. The summed E-state index contributed by atoms with van der Waals surface area (Å²) in [5, 5.41) is 15.5. The zero-order chi connectivity index (χ0) is 14.8. The number of carboxylic acids is 1. The minimum atomic E-state index is -0.756. The number of hydrogen-bond acceptors (Lipinski definition) is 3. The third-order valence-corrected chi connectivity index (χ3v) is 3.20. The van der Waals surface area contributed by atoms with E-state index in [4.69, 9.17) is 5.11 Å². The van der Waals surface area contributed by atoms with Gasteiger partial charge < -0.3 is 10.4 Å². The summed E-state index contributed by atoms with van der Waals surface area (Å²) in [6.07, 6.45) is 7.12. The Kier molecular flexibility index (Phi) is 7.39. The smallest absolute Gasteiger partial charge is 0.303 e. The molecule has 0 fully saturated rings. The lowest BCUT2D eigenvalue weighted by Crippen LogP contribution is -2.29. The number of aromatic nitrogens is 2. The van der Waals surface area contributed by atoms with Crippen molar-refractivity contribution in [3.05, 3.63) is 18.5 Å². The normalized spacial score (nSPS) is 12.1. The van der Waals surface area contributed by atoms with Crippen molar-refractivity contribution < 1.29 is 14.7 Å². The van der Waals surface area contributed by atoms with E-state index >= 15 is 0 Å². The summed E-state index contributed by atoms with van der Waals surface area (Å²) < 4.78 is 1.57. The van der Waals surface area contributed by atoms with Crippen LogP contribution in [0.2, 0.25) is 0 Å². The third kappa shape index (κ3) is 6.92. The summed E-state index contributed by atoms with van der Waals surface area (Å²) in [6.45, 7) is 2.90. The molecule has 1 atom stereocenters. The zero-order valence-corrected chi connectivity index (χ0v) is 11.9. The van der Waals surface area contributed by atoms with Crippen molar-refractivity contribution in [1.29, 1.82) is 0 Å². The van der Waals surface area contributed by atoms with Gasteiger partial charge in [-0.15, -0.1) is 0 Å². The second-order valence-corrected chi connectivity index (χ2v) is 4.93. The van der Waals surface area contributed by atoms with Gasteiger partial charge in [-0.2, -0.15) is 5.10 Å². The average Bonchev–Trinajstić information content (AvgIpc) is 2.88. The largest absolute Gasteiger partial charge is 0.481 e. The van der Waals surface area contributed by atoms with Crippen molar-refractivity contribution in [3.8, 4) is 0 Å². The van der Waals surface area contributed by atoms with E-state index in [1.807, 2.05) is 0 Å². The SMILES string of the molecule is CCCC(CCNC(=O)Cn1cccn1)CCC(=O)O. The van der Waals surface area contributed by atoms with Crippen molar-refractivity contribution in [2.75, 3.05) is 6.54 Å². The summed E-state index contributed by atoms with van der Waals surface area (Å²) >= 11 is 0. The molecule has 2 N–H and O–H groups in total. The van der Waals surface area contributed by atoms with E-state index in [-0.39, 0.29) is 18.9 Å². The molecule has 6 nitrogen and oxygen atoms in total. The first-order valence-electron chi connectivity index (χ1n) is 7.07. The second-order valence-electron chi connectivity index (χ2n) is 4.93. The van der Waals surface area contributed by atoms with Gasteiger partial charge in [0.15, 0.2) is 0 Å². The zero-order valence-electron chi connectivity index (χ0n) is 11.9. The summed E-state index contributed by atoms with van der Waals surface area (Å²) in [5.41, 5.74) is 0. The lowest BCUT2D eigenvalue weighted by molar-refractivity contribution is -0.137. The van der Waals surface area contributed by atoms with Gasteiger partial charge in [-0.1, -0.05) is 19.8 Å². The van der Waals surface area contributed by atoms with Crippen LogP contribution in [0.1, 0.15) is 39.0 Å².